The summed E-state index contributed by atoms with van der Waals surface area (Å²) < 4.78 is 20.7. The summed E-state index contributed by atoms with van der Waals surface area (Å²) in [6.45, 7) is 0.849. The van der Waals surface area contributed by atoms with Gasteiger partial charge < -0.3 is 25.0 Å². The molecule has 0 radical (unpaired) electrons. The lowest BCUT2D eigenvalue weighted by Crippen LogP contribution is -2.49. The minimum atomic E-state index is -0.744. The van der Waals surface area contributed by atoms with Crippen molar-refractivity contribution >= 4 is 35.0 Å². The lowest BCUT2D eigenvalue weighted by atomic mass is 9.73. The predicted octanol–water partition coefficient (Wildman–Crippen LogP) is 6.52. The summed E-state index contributed by atoms with van der Waals surface area (Å²) in [6.07, 6.45) is 2.00. The quantitative estimate of drug-likeness (QED) is 0.207. The zero-order chi connectivity index (χ0) is 31.4. The van der Waals surface area contributed by atoms with Gasteiger partial charge in [0.25, 0.3) is 5.91 Å². The van der Waals surface area contributed by atoms with Gasteiger partial charge in [0, 0.05) is 41.3 Å². The van der Waals surface area contributed by atoms with Gasteiger partial charge in [0.2, 0.25) is 5.91 Å². The maximum Gasteiger partial charge on any atom is 0.270 e. The van der Waals surface area contributed by atoms with Crippen LogP contribution < -0.4 is 10.5 Å². The predicted molar refractivity (Wildman–Crippen MR) is 170 cm³/mol. The van der Waals surface area contributed by atoms with Gasteiger partial charge in [0.15, 0.2) is 0 Å². The number of carbonyl (C=O) groups excluding carboxylic acids is 2. The molecule has 3 aromatic carbocycles. The number of ether oxygens (including phenoxy) is 1. The second kappa shape index (κ2) is 13.4. The van der Waals surface area contributed by atoms with Gasteiger partial charge in [-0.05, 0) is 91.4 Å². The number of primary amides is 1. The Hall–Kier alpha value is -3.85. The van der Waals surface area contributed by atoms with Crippen LogP contribution in [-0.4, -0.2) is 52.7 Å². The number of hydrogen-bond acceptors (Lipinski definition) is 4. The van der Waals surface area contributed by atoms with Gasteiger partial charge in [-0.2, -0.15) is 0 Å². The first-order chi connectivity index (χ1) is 21.1. The molecule has 1 aliphatic heterocycles. The number of halogens is 3. The summed E-state index contributed by atoms with van der Waals surface area (Å²) in [5.41, 5.74) is 9.70. The normalized spacial score (nSPS) is 14.4. The van der Waals surface area contributed by atoms with Crippen molar-refractivity contribution in [1.29, 1.82) is 0 Å². The number of nitrogens with two attached hydrogens (primary N) is 1. The smallest absolute Gasteiger partial charge is 0.270 e. The first kappa shape index (κ1) is 31.6. The first-order valence-electron chi connectivity index (χ1n) is 14.4. The van der Waals surface area contributed by atoms with Crippen LogP contribution in [-0.2, 0) is 18.3 Å². The molecule has 7 nitrogen and oxygen atoms in total. The molecule has 0 spiro atoms. The summed E-state index contributed by atoms with van der Waals surface area (Å²) in [5, 5.41) is 10.0. The Bertz CT molecular complexity index is 1650. The molecule has 3 N–H and O–H groups in total. The third kappa shape index (κ3) is 6.62. The van der Waals surface area contributed by atoms with E-state index in [-0.39, 0.29) is 30.8 Å². The summed E-state index contributed by atoms with van der Waals surface area (Å²) in [6, 6.07) is 20.8. The van der Waals surface area contributed by atoms with Crippen molar-refractivity contribution in [1.82, 2.24) is 9.47 Å². The van der Waals surface area contributed by atoms with Crippen molar-refractivity contribution in [3.05, 3.63) is 99.9 Å². The zero-order valence-corrected chi connectivity index (χ0v) is 25.9. The number of carbonyl (C=O) groups is 2. The van der Waals surface area contributed by atoms with Crippen molar-refractivity contribution in [2.45, 2.75) is 25.7 Å². The van der Waals surface area contributed by atoms with E-state index in [1.54, 1.807) is 29.2 Å². The third-order valence-corrected chi connectivity index (χ3v) is 9.04. The average Bonchev–Trinajstić information content (AvgIpc) is 3.36. The monoisotopic (exact) mass is 637 g/mol. The van der Waals surface area contributed by atoms with Crippen LogP contribution >= 0.6 is 23.2 Å². The molecule has 44 heavy (non-hydrogen) atoms. The van der Waals surface area contributed by atoms with E-state index in [0.29, 0.717) is 60.3 Å². The number of aliphatic hydroxyl groups is 1. The highest BCUT2D eigenvalue weighted by molar-refractivity contribution is 6.36. The van der Waals surface area contributed by atoms with E-state index in [1.165, 1.54) is 12.1 Å². The molecule has 2 heterocycles. The third-order valence-electron chi connectivity index (χ3n) is 8.50. The van der Waals surface area contributed by atoms with Gasteiger partial charge in [0.05, 0.1) is 17.7 Å². The molecular formula is C34H34Cl2FN3O4. The van der Waals surface area contributed by atoms with E-state index in [1.807, 2.05) is 48.0 Å². The second-order valence-corrected chi connectivity index (χ2v) is 12.0. The van der Waals surface area contributed by atoms with Gasteiger partial charge in [-0.25, -0.2) is 4.39 Å². The molecule has 0 unspecified atom stereocenters. The Morgan fingerprint density at radius 1 is 0.977 bits per heavy atom. The highest BCUT2D eigenvalue weighted by atomic mass is 35.5. The van der Waals surface area contributed by atoms with Crippen molar-refractivity contribution < 1.29 is 23.8 Å². The summed E-state index contributed by atoms with van der Waals surface area (Å²) in [5.74, 6) is -0.229. The lowest BCUT2D eigenvalue weighted by Gasteiger charge is -2.40. The molecule has 5 rings (SSSR count). The van der Waals surface area contributed by atoms with Gasteiger partial charge in [0.1, 0.15) is 23.9 Å². The number of rotatable bonds is 10. The van der Waals surface area contributed by atoms with Gasteiger partial charge >= 0.3 is 0 Å². The molecule has 230 valence electrons. The fourth-order valence-corrected chi connectivity index (χ4v) is 6.41. The molecule has 0 atom stereocenters. The van der Waals surface area contributed by atoms with Crippen LogP contribution in [0.25, 0.3) is 22.4 Å². The van der Waals surface area contributed by atoms with E-state index in [0.717, 1.165) is 27.9 Å². The van der Waals surface area contributed by atoms with Gasteiger partial charge in [-0.1, -0.05) is 41.4 Å². The van der Waals surface area contributed by atoms with E-state index < -0.39 is 5.41 Å². The molecule has 0 aliphatic carbocycles. The van der Waals surface area contributed by atoms with Crippen LogP contribution in [0, 0.1) is 11.2 Å². The van der Waals surface area contributed by atoms with Crippen LogP contribution in [0.3, 0.4) is 0 Å². The number of amides is 2. The molecule has 2 amide bonds. The number of hydrogen-bond donors (Lipinski definition) is 2. The zero-order valence-electron chi connectivity index (χ0n) is 24.4. The Morgan fingerprint density at radius 3 is 2.27 bits per heavy atom. The highest BCUT2D eigenvalue weighted by Gasteiger charge is 2.41. The van der Waals surface area contributed by atoms with Gasteiger partial charge in [-0.15, -0.1) is 0 Å². The molecule has 4 aromatic rings. The van der Waals surface area contributed by atoms with Crippen molar-refractivity contribution in [3.8, 4) is 28.1 Å². The second-order valence-electron chi connectivity index (χ2n) is 11.1. The summed E-state index contributed by atoms with van der Waals surface area (Å²) in [7, 11) is 1.84. The Balaban J connectivity index is 1.42. The molecule has 1 saturated heterocycles. The topological polar surface area (TPSA) is 97.8 Å². The lowest BCUT2D eigenvalue weighted by molar-refractivity contribution is -0.130. The number of aryl methyl sites for hydroxylation is 1. The number of piperidine rings is 1. The molecule has 1 aliphatic rings. The van der Waals surface area contributed by atoms with E-state index >= 15 is 0 Å². The van der Waals surface area contributed by atoms with Crippen molar-refractivity contribution in [3.63, 3.8) is 0 Å². The fourth-order valence-electron chi connectivity index (χ4n) is 5.90. The van der Waals surface area contributed by atoms with Crippen LogP contribution in [0.2, 0.25) is 10.0 Å². The van der Waals surface area contributed by atoms with Crippen LogP contribution in [0.4, 0.5) is 4.39 Å². The first-order valence-corrected chi connectivity index (χ1v) is 15.2. The molecule has 0 saturated carbocycles. The maximum atomic E-state index is 14.0. The van der Waals surface area contributed by atoms with Crippen LogP contribution in [0.15, 0.2) is 72.8 Å². The van der Waals surface area contributed by atoms with E-state index in [9.17, 15) is 14.0 Å². The van der Waals surface area contributed by atoms with Crippen molar-refractivity contribution in [2.75, 3.05) is 26.3 Å². The number of benzene rings is 3. The SMILES string of the molecule is Cn1c(C(=O)N2CCC(CCc3ccc(F)cc3)(C(N)=O)CC2)cc(-c2ccc(Cl)cc2Cl)c1-c1ccc(OCCO)cc1. The van der Waals surface area contributed by atoms with E-state index in [4.69, 9.17) is 38.8 Å². The molecule has 1 aromatic heterocycles. The number of nitrogens with zero attached hydrogens (tertiary/aromatic N) is 2. The number of aromatic nitrogens is 1. The van der Waals surface area contributed by atoms with Crippen molar-refractivity contribution in [2.24, 2.45) is 18.2 Å². The standard InChI is InChI=1S/C34H34Cl2FN3O4/c1-39-30(32(42)40-16-14-34(15-17-40,33(38)43)13-12-22-2-7-25(37)8-3-22)21-28(27-11-6-24(35)20-29(27)36)31(39)23-4-9-26(10-5-23)44-19-18-41/h2-11,20-21,41H,12-19H2,1H3,(H2,38,43). The number of aliphatic hydroxyl groups excluding tert-OH is 1. The minimum Gasteiger partial charge on any atom is -0.491 e. The summed E-state index contributed by atoms with van der Waals surface area (Å²) >= 11 is 12.8. The highest BCUT2D eigenvalue weighted by Crippen LogP contribution is 2.41. The van der Waals surface area contributed by atoms with Gasteiger partial charge in [-0.3, -0.25) is 9.59 Å². The fraction of sp³-hybridized carbons (Fsp3) is 0.294. The molecule has 1 fully saturated rings. The molecular weight excluding hydrogens is 604 g/mol. The Labute approximate surface area is 265 Å². The van der Waals surface area contributed by atoms with E-state index in [2.05, 4.69) is 0 Å². The Kier molecular flexibility index (Phi) is 9.63. The Morgan fingerprint density at radius 2 is 1.66 bits per heavy atom. The molecule has 0 bridgehead atoms. The average molecular weight is 639 g/mol. The summed E-state index contributed by atoms with van der Waals surface area (Å²) in [4.78, 5) is 28.4. The largest absolute Gasteiger partial charge is 0.491 e. The molecule has 10 heteroatoms. The van der Waals surface area contributed by atoms with Crippen LogP contribution in [0.1, 0.15) is 35.3 Å². The number of likely N-dealkylation sites (tertiary alicyclic amines) is 1. The minimum absolute atomic E-state index is 0.0877. The van der Waals surface area contributed by atoms with Crippen LogP contribution in [0.5, 0.6) is 5.75 Å². The maximum absolute atomic E-state index is 14.0.